The highest BCUT2D eigenvalue weighted by atomic mass is 16.3. The Morgan fingerprint density at radius 2 is 2.00 bits per heavy atom. The van der Waals surface area contributed by atoms with Gasteiger partial charge in [0.25, 0.3) is 11.8 Å². The zero-order chi connectivity index (χ0) is 21.3. The number of rotatable bonds is 7. The van der Waals surface area contributed by atoms with Crippen LogP contribution in [0.3, 0.4) is 0 Å². The summed E-state index contributed by atoms with van der Waals surface area (Å²) in [5, 5.41) is 5.59. The van der Waals surface area contributed by atoms with Crippen molar-refractivity contribution >= 4 is 17.6 Å². The Hall–Kier alpha value is -2.41. The number of carbonyl (C=O) groups excluding carboxylic acids is 3. The summed E-state index contributed by atoms with van der Waals surface area (Å²) < 4.78 is 5.15. The van der Waals surface area contributed by atoms with E-state index in [0.717, 1.165) is 51.6 Å². The molecule has 7 heteroatoms. The second-order valence-corrected chi connectivity index (χ2v) is 8.32. The maximum Gasteiger partial charge on any atom is 0.291 e. The summed E-state index contributed by atoms with van der Waals surface area (Å²) in [6.45, 7) is 4.21. The van der Waals surface area contributed by atoms with E-state index in [1.54, 1.807) is 12.1 Å². The first-order valence-electron chi connectivity index (χ1n) is 11.2. The molecule has 1 aliphatic carbocycles. The van der Waals surface area contributed by atoms with Crippen molar-refractivity contribution in [3.63, 3.8) is 0 Å². The number of amides is 2. The zero-order valence-electron chi connectivity index (χ0n) is 17.8. The van der Waals surface area contributed by atoms with Crippen LogP contribution in [-0.4, -0.2) is 48.2 Å². The number of hydrogen-bond donors (Lipinski definition) is 2. The molecule has 3 rings (SSSR count). The molecule has 0 spiro atoms. The molecule has 0 aromatic carbocycles. The molecule has 1 atom stereocenters. The minimum Gasteiger partial charge on any atom is -0.459 e. The van der Waals surface area contributed by atoms with Gasteiger partial charge in [-0.2, -0.15) is 0 Å². The molecule has 30 heavy (non-hydrogen) atoms. The Balaban J connectivity index is 1.70. The summed E-state index contributed by atoms with van der Waals surface area (Å²) in [4.78, 5) is 40.4. The smallest absolute Gasteiger partial charge is 0.291 e. The first kappa shape index (κ1) is 22.3. The highest BCUT2D eigenvalue weighted by Gasteiger charge is 2.28. The standard InChI is InChI=1S/C23H33N3O4/c1-2-12-26-13-6-10-18(20(27)16-26)24-22(28)19(15-17-8-4-3-5-9-17)25-23(29)21-11-7-14-30-21/h7,11,14-15,17-18H,2-6,8-10,12-13,16H2,1H3,(H,24,28)(H,25,29)/b19-15+/t18-/m0/s1. The summed E-state index contributed by atoms with van der Waals surface area (Å²) in [6.07, 6.45) is 11.2. The fraction of sp³-hybridized carbons (Fsp3) is 0.609. The van der Waals surface area contributed by atoms with Crippen molar-refractivity contribution in [2.75, 3.05) is 19.6 Å². The number of carbonyl (C=O) groups is 3. The van der Waals surface area contributed by atoms with Crippen molar-refractivity contribution in [3.8, 4) is 0 Å². The van der Waals surface area contributed by atoms with Crippen LogP contribution in [0.2, 0.25) is 0 Å². The number of allylic oxidation sites excluding steroid dienone is 1. The molecule has 7 nitrogen and oxygen atoms in total. The van der Waals surface area contributed by atoms with Gasteiger partial charge in [0, 0.05) is 0 Å². The molecule has 0 radical (unpaired) electrons. The van der Waals surface area contributed by atoms with Crippen LogP contribution in [0.4, 0.5) is 0 Å². The van der Waals surface area contributed by atoms with Crippen LogP contribution in [-0.2, 0) is 9.59 Å². The molecule has 2 N–H and O–H groups in total. The predicted molar refractivity (Wildman–Crippen MR) is 114 cm³/mol. The van der Waals surface area contributed by atoms with Gasteiger partial charge in [-0.15, -0.1) is 0 Å². The van der Waals surface area contributed by atoms with Gasteiger partial charge in [-0.05, 0) is 63.2 Å². The number of Topliss-reactive ketones (excluding diaryl/α,β-unsaturated/α-hetero) is 1. The van der Waals surface area contributed by atoms with E-state index in [4.69, 9.17) is 4.42 Å². The molecule has 1 aromatic rings. The molecular formula is C23H33N3O4. The molecule has 2 amide bonds. The highest BCUT2D eigenvalue weighted by molar-refractivity contribution is 6.03. The van der Waals surface area contributed by atoms with Gasteiger partial charge >= 0.3 is 0 Å². The number of hydrogen-bond acceptors (Lipinski definition) is 5. The molecule has 2 heterocycles. The number of ketones is 1. The van der Waals surface area contributed by atoms with Gasteiger partial charge in [-0.25, -0.2) is 0 Å². The molecule has 0 bridgehead atoms. The average molecular weight is 416 g/mol. The number of nitrogens with zero attached hydrogens (tertiary/aromatic N) is 1. The average Bonchev–Trinajstić information content (AvgIpc) is 3.22. The topological polar surface area (TPSA) is 91.7 Å². The van der Waals surface area contributed by atoms with E-state index in [0.29, 0.717) is 13.0 Å². The maximum absolute atomic E-state index is 13.1. The van der Waals surface area contributed by atoms with E-state index in [-0.39, 0.29) is 23.2 Å². The molecule has 1 aromatic heterocycles. The summed E-state index contributed by atoms with van der Waals surface area (Å²) in [5.74, 6) is -0.427. The van der Waals surface area contributed by atoms with Crippen LogP contribution in [0.25, 0.3) is 0 Å². The van der Waals surface area contributed by atoms with Gasteiger partial charge in [0.2, 0.25) is 0 Å². The molecule has 1 aliphatic heterocycles. The van der Waals surface area contributed by atoms with Gasteiger partial charge in [-0.1, -0.05) is 32.3 Å². The number of furan rings is 1. The van der Waals surface area contributed by atoms with Crippen molar-refractivity contribution in [2.45, 2.75) is 64.3 Å². The third-order valence-corrected chi connectivity index (χ3v) is 5.87. The van der Waals surface area contributed by atoms with Crippen LogP contribution in [0.5, 0.6) is 0 Å². The highest BCUT2D eigenvalue weighted by Crippen LogP contribution is 2.25. The first-order valence-corrected chi connectivity index (χ1v) is 11.2. The zero-order valence-corrected chi connectivity index (χ0v) is 17.8. The van der Waals surface area contributed by atoms with Crippen LogP contribution in [0.15, 0.2) is 34.6 Å². The lowest BCUT2D eigenvalue weighted by atomic mass is 9.88. The fourth-order valence-corrected chi connectivity index (χ4v) is 4.29. The van der Waals surface area contributed by atoms with E-state index in [2.05, 4.69) is 22.5 Å². The quantitative estimate of drug-likeness (QED) is 0.668. The van der Waals surface area contributed by atoms with Crippen molar-refractivity contribution in [2.24, 2.45) is 5.92 Å². The summed E-state index contributed by atoms with van der Waals surface area (Å²) in [5.41, 5.74) is 0.214. The van der Waals surface area contributed by atoms with Gasteiger partial charge in [0.1, 0.15) is 5.70 Å². The van der Waals surface area contributed by atoms with Crippen LogP contribution < -0.4 is 10.6 Å². The molecule has 2 fully saturated rings. The number of likely N-dealkylation sites (tertiary alicyclic amines) is 1. The largest absolute Gasteiger partial charge is 0.459 e. The third-order valence-electron chi connectivity index (χ3n) is 5.87. The normalized spacial score (nSPS) is 21.8. The van der Waals surface area contributed by atoms with E-state index < -0.39 is 17.9 Å². The van der Waals surface area contributed by atoms with Crippen molar-refractivity contribution in [1.82, 2.24) is 15.5 Å². The summed E-state index contributed by atoms with van der Waals surface area (Å²) in [6, 6.07) is 2.67. The summed E-state index contributed by atoms with van der Waals surface area (Å²) >= 11 is 0. The molecule has 1 saturated heterocycles. The van der Waals surface area contributed by atoms with E-state index in [1.165, 1.54) is 12.7 Å². The van der Waals surface area contributed by atoms with Crippen molar-refractivity contribution in [1.29, 1.82) is 0 Å². The maximum atomic E-state index is 13.1. The lowest BCUT2D eigenvalue weighted by Gasteiger charge is -2.21. The van der Waals surface area contributed by atoms with Gasteiger partial charge in [0.05, 0.1) is 18.8 Å². The van der Waals surface area contributed by atoms with Crippen molar-refractivity contribution in [3.05, 3.63) is 35.9 Å². The molecule has 1 saturated carbocycles. The Kier molecular flexibility index (Phi) is 8.25. The van der Waals surface area contributed by atoms with Crippen molar-refractivity contribution < 1.29 is 18.8 Å². The molecule has 0 unspecified atom stereocenters. The third kappa shape index (κ3) is 6.29. The lowest BCUT2D eigenvalue weighted by Crippen LogP contribution is -2.46. The van der Waals surface area contributed by atoms with Gasteiger partial charge < -0.3 is 15.1 Å². The van der Waals surface area contributed by atoms with E-state index in [1.807, 2.05) is 6.08 Å². The predicted octanol–water partition coefficient (Wildman–Crippen LogP) is 3.03. The van der Waals surface area contributed by atoms with Crippen LogP contribution in [0.1, 0.15) is 68.8 Å². The minimum atomic E-state index is -0.519. The second-order valence-electron chi connectivity index (χ2n) is 8.32. The lowest BCUT2D eigenvalue weighted by molar-refractivity contribution is -0.126. The molecule has 164 valence electrons. The Bertz CT molecular complexity index is 751. The monoisotopic (exact) mass is 415 g/mol. The van der Waals surface area contributed by atoms with Gasteiger partial charge in [-0.3, -0.25) is 19.3 Å². The van der Waals surface area contributed by atoms with Crippen LogP contribution in [0, 0.1) is 5.92 Å². The van der Waals surface area contributed by atoms with E-state index in [9.17, 15) is 14.4 Å². The van der Waals surface area contributed by atoms with Gasteiger partial charge in [0.15, 0.2) is 11.5 Å². The molecular weight excluding hydrogens is 382 g/mol. The SMILES string of the molecule is CCCN1CCC[C@H](NC(=O)/C(=C\C2CCCCC2)NC(=O)c2ccco2)C(=O)C1. The number of nitrogens with one attached hydrogen (secondary N) is 2. The molecule has 2 aliphatic rings. The summed E-state index contributed by atoms with van der Waals surface area (Å²) in [7, 11) is 0. The fourth-order valence-electron chi connectivity index (χ4n) is 4.29. The minimum absolute atomic E-state index is 0.0312. The Labute approximate surface area is 178 Å². The Morgan fingerprint density at radius 1 is 1.20 bits per heavy atom. The van der Waals surface area contributed by atoms with E-state index >= 15 is 0 Å². The van der Waals surface area contributed by atoms with Crippen LogP contribution >= 0.6 is 0 Å². The Morgan fingerprint density at radius 3 is 2.70 bits per heavy atom. The first-order chi connectivity index (χ1) is 14.6. The second kappa shape index (κ2) is 11.1.